The van der Waals surface area contributed by atoms with Gasteiger partial charge in [0.2, 0.25) is 6.79 Å². The molecule has 0 aromatic heterocycles. The standard InChI is InChI=1S/C17H20ClNO5/c1-10(2)8-19-17(21)11(3)24-15(20)5-4-12-6-13(18)16-14(7-12)22-9-23-16/h4-7,10-11H,8-9H2,1-3H3,(H,19,21)/b5-4+/t11-/m1/s1. The van der Waals surface area contributed by atoms with Gasteiger partial charge in [-0.2, -0.15) is 0 Å². The summed E-state index contributed by atoms with van der Waals surface area (Å²) in [5, 5.41) is 3.11. The topological polar surface area (TPSA) is 73.9 Å². The molecule has 0 bridgehead atoms. The molecular weight excluding hydrogens is 334 g/mol. The minimum absolute atomic E-state index is 0.118. The van der Waals surface area contributed by atoms with Crippen LogP contribution in [-0.2, 0) is 14.3 Å². The lowest BCUT2D eigenvalue weighted by Gasteiger charge is -2.13. The third kappa shape index (κ3) is 4.89. The van der Waals surface area contributed by atoms with Crippen LogP contribution in [0.25, 0.3) is 6.08 Å². The fourth-order valence-corrected chi connectivity index (χ4v) is 2.24. The third-order valence-corrected chi connectivity index (χ3v) is 3.49. The summed E-state index contributed by atoms with van der Waals surface area (Å²) in [6, 6.07) is 3.36. The molecule has 7 heteroatoms. The first-order chi connectivity index (χ1) is 11.4. The van der Waals surface area contributed by atoms with Crippen molar-refractivity contribution in [2.45, 2.75) is 26.9 Å². The van der Waals surface area contributed by atoms with Crippen molar-refractivity contribution in [3.05, 3.63) is 28.8 Å². The fraction of sp³-hybridized carbons (Fsp3) is 0.412. The summed E-state index contributed by atoms with van der Waals surface area (Å²) in [5.74, 6) is 0.406. The number of esters is 1. The number of ether oxygens (including phenoxy) is 3. The first-order valence-electron chi connectivity index (χ1n) is 7.62. The van der Waals surface area contributed by atoms with E-state index in [1.807, 2.05) is 13.8 Å². The molecule has 130 valence electrons. The summed E-state index contributed by atoms with van der Waals surface area (Å²) in [6.45, 7) is 6.14. The molecule has 1 heterocycles. The Morgan fingerprint density at radius 1 is 1.33 bits per heavy atom. The van der Waals surface area contributed by atoms with Crippen molar-refractivity contribution in [3.8, 4) is 11.5 Å². The maximum Gasteiger partial charge on any atom is 0.331 e. The van der Waals surface area contributed by atoms with Crippen molar-refractivity contribution >= 4 is 29.6 Å². The highest BCUT2D eigenvalue weighted by molar-refractivity contribution is 6.32. The highest BCUT2D eigenvalue weighted by Gasteiger charge is 2.18. The molecule has 0 fully saturated rings. The van der Waals surface area contributed by atoms with Crippen molar-refractivity contribution in [1.29, 1.82) is 0 Å². The largest absolute Gasteiger partial charge is 0.454 e. The minimum atomic E-state index is -0.860. The zero-order valence-electron chi connectivity index (χ0n) is 13.8. The summed E-state index contributed by atoms with van der Waals surface area (Å²) in [6.07, 6.45) is 1.91. The number of amides is 1. The van der Waals surface area contributed by atoms with Crippen LogP contribution in [0.4, 0.5) is 0 Å². The van der Waals surface area contributed by atoms with E-state index in [4.69, 9.17) is 25.8 Å². The normalized spacial score (nSPS) is 14.0. The number of benzene rings is 1. The van der Waals surface area contributed by atoms with Crippen molar-refractivity contribution in [3.63, 3.8) is 0 Å². The zero-order valence-corrected chi connectivity index (χ0v) is 14.6. The minimum Gasteiger partial charge on any atom is -0.454 e. The van der Waals surface area contributed by atoms with Gasteiger partial charge in [0.15, 0.2) is 17.6 Å². The summed E-state index contributed by atoms with van der Waals surface area (Å²) >= 11 is 6.07. The lowest BCUT2D eigenvalue weighted by Crippen LogP contribution is -2.37. The molecule has 0 unspecified atom stereocenters. The summed E-state index contributed by atoms with van der Waals surface area (Å²) in [4.78, 5) is 23.6. The average Bonchev–Trinajstić information content (AvgIpc) is 2.99. The monoisotopic (exact) mass is 353 g/mol. The molecule has 2 rings (SSSR count). The molecule has 1 amide bonds. The average molecular weight is 354 g/mol. The number of fused-ring (bicyclic) bond motifs is 1. The number of halogens is 1. The smallest absolute Gasteiger partial charge is 0.331 e. The Kier molecular flexibility index (Phi) is 6.09. The lowest BCUT2D eigenvalue weighted by atomic mass is 10.2. The van der Waals surface area contributed by atoms with Crippen molar-refractivity contribution in [2.75, 3.05) is 13.3 Å². The van der Waals surface area contributed by atoms with E-state index in [0.29, 0.717) is 34.5 Å². The van der Waals surface area contributed by atoms with Gasteiger partial charge in [-0.05, 0) is 36.6 Å². The Hall–Kier alpha value is -2.21. The van der Waals surface area contributed by atoms with Crippen LogP contribution >= 0.6 is 11.6 Å². The number of carbonyl (C=O) groups excluding carboxylic acids is 2. The Bertz CT molecular complexity index is 657. The molecule has 0 radical (unpaired) electrons. The quantitative estimate of drug-likeness (QED) is 0.628. The van der Waals surface area contributed by atoms with E-state index in [-0.39, 0.29) is 12.7 Å². The van der Waals surface area contributed by atoms with Crippen molar-refractivity contribution in [1.82, 2.24) is 5.32 Å². The van der Waals surface area contributed by atoms with Gasteiger partial charge in [-0.25, -0.2) is 4.79 Å². The molecule has 24 heavy (non-hydrogen) atoms. The molecule has 1 aromatic carbocycles. The molecule has 0 aliphatic carbocycles. The predicted molar refractivity (Wildman–Crippen MR) is 90.0 cm³/mol. The van der Waals surface area contributed by atoms with E-state index in [9.17, 15) is 9.59 Å². The van der Waals surface area contributed by atoms with Gasteiger partial charge in [0, 0.05) is 12.6 Å². The number of carbonyl (C=O) groups is 2. The molecule has 0 spiro atoms. The molecule has 1 aromatic rings. The SMILES string of the molecule is CC(C)CNC(=O)[C@@H](C)OC(=O)/C=C/c1cc(Cl)c2c(c1)OCO2. The molecule has 6 nitrogen and oxygen atoms in total. The second kappa shape index (κ2) is 8.06. The van der Waals surface area contributed by atoms with Crippen LogP contribution in [0.15, 0.2) is 18.2 Å². The highest BCUT2D eigenvalue weighted by atomic mass is 35.5. The summed E-state index contributed by atoms with van der Waals surface area (Å²) < 4.78 is 15.5. The first kappa shape index (κ1) is 18.1. The van der Waals surface area contributed by atoms with E-state index in [0.717, 1.165) is 0 Å². The van der Waals surface area contributed by atoms with Crippen LogP contribution < -0.4 is 14.8 Å². The van der Waals surface area contributed by atoms with E-state index >= 15 is 0 Å². The van der Waals surface area contributed by atoms with E-state index < -0.39 is 12.1 Å². The van der Waals surface area contributed by atoms with Gasteiger partial charge >= 0.3 is 5.97 Å². The highest BCUT2D eigenvalue weighted by Crippen LogP contribution is 2.40. The van der Waals surface area contributed by atoms with Crippen molar-refractivity contribution in [2.24, 2.45) is 5.92 Å². The molecule has 1 atom stereocenters. The third-order valence-electron chi connectivity index (χ3n) is 3.21. The number of hydrogen-bond donors (Lipinski definition) is 1. The summed E-state index contributed by atoms with van der Waals surface area (Å²) in [7, 11) is 0. The number of hydrogen-bond acceptors (Lipinski definition) is 5. The maximum atomic E-state index is 11.8. The van der Waals surface area contributed by atoms with Gasteiger partial charge in [-0.1, -0.05) is 25.4 Å². The maximum absolute atomic E-state index is 11.8. The van der Waals surface area contributed by atoms with E-state index in [2.05, 4.69) is 5.32 Å². The van der Waals surface area contributed by atoms with Crippen LogP contribution in [0.2, 0.25) is 5.02 Å². The fourth-order valence-electron chi connectivity index (χ4n) is 1.96. The van der Waals surface area contributed by atoms with Gasteiger partial charge in [0.05, 0.1) is 5.02 Å². The van der Waals surface area contributed by atoms with Gasteiger partial charge in [-0.15, -0.1) is 0 Å². The Morgan fingerprint density at radius 3 is 2.79 bits per heavy atom. The first-order valence-corrected chi connectivity index (χ1v) is 8.00. The van der Waals surface area contributed by atoms with Crippen LogP contribution in [0.1, 0.15) is 26.3 Å². The molecule has 1 aliphatic heterocycles. The number of nitrogens with one attached hydrogen (secondary N) is 1. The zero-order chi connectivity index (χ0) is 17.7. The molecular formula is C17H20ClNO5. The van der Waals surface area contributed by atoms with Gasteiger partial charge in [-0.3, -0.25) is 4.79 Å². The van der Waals surface area contributed by atoms with Crippen LogP contribution in [0, 0.1) is 5.92 Å². The van der Waals surface area contributed by atoms with Gasteiger partial charge in [0.1, 0.15) is 0 Å². The summed E-state index contributed by atoms with van der Waals surface area (Å²) in [5.41, 5.74) is 0.665. The predicted octanol–water partition coefficient (Wildman–Crippen LogP) is 2.79. The molecule has 0 saturated carbocycles. The van der Waals surface area contributed by atoms with Crippen LogP contribution in [-0.4, -0.2) is 31.3 Å². The van der Waals surface area contributed by atoms with E-state index in [1.165, 1.54) is 19.1 Å². The van der Waals surface area contributed by atoms with Gasteiger partial charge in [0.25, 0.3) is 5.91 Å². The van der Waals surface area contributed by atoms with E-state index in [1.54, 1.807) is 12.1 Å². The second-order valence-electron chi connectivity index (χ2n) is 5.79. The van der Waals surface area contributed by atoms with Crippen molar-refractivity contribution < 1.29 is 23.8 Å². The van der Waals surface area contributed by atoms with Crippen LogP contribution in [0.3, 0.4) is 0 Å². The molecule has 0 saturated heterocycles. The molecule has 1 N–H and O–H groups in total. The Labute approximate surface area is 145 Å². The second-order valence-corrected chi connectivity index (χ2v) is 6.20. The number of rotatable bonds is 6. The van der Waals surface area contributed by atoms with Gasteiger partial charge < -0.3 is 19.5 Å². The van der Waals surface area contributed by atoms with Crippen LogP contribution in [0.5, 0.6) is 11.5 Å². The Morgan fingerprint density at radius 2 is 2.08 bits per heavy atom. The lowest BCUT2D eigenvalue weighted by molar-refractivity contribution is -0.150. The Balaban J connectivity index is 1.91. The molecule has 1 aliphatic rings.